The van der Waals surface area contributed by atoms with Crippen LogP contribution in [0.25, 0.3) is 0 Å². The Morgan fingerprint density at radius 2 is 2.05 bits per heavy atom. The Labute approximate surface area is 116 Å². The number of benzene rings is 1. The fourth-order valence-electron chi connectivity index (χ4n) is 2.71. The maximum Gasteiger partial charge on any atom is 0.118 e. The lowest BCUT2D eigenvalue weighted by atomic mass is 9.89. The van der Waals surface area contributed by atoms with Crippen LogP contribution in [0.4, 0.5) is 0 Å². The van der Waals surface area contributed by atoms with Crippen LogP contribution >= 0.6 is 0 Å². The highest BCUT2D eigenvalue weighted by molar-refractivity contribution is 5.27. The van der Waals surface area contributed by atoms with Gasteiger partial charge in [-0.05, 0) is 30.5 Å². The van der Waals surface area contributed by atoms with Crippen LogP contribution in [0.5, 0.6) is 5.75 Å². The zero-order valence-electron chi connectivity index (χ0n) is 12.2. The Hall–Kier alpha value is -1.06. The lowest BCUT2D eigenvalue weighted by Crippen LogP contribution is -2.46. The van der Waals surface area contributed by atoms with Gasteiger partial charge in [0.25, 0.3) is 0 Å². The molecule has 1 N–H and O–H groups in total. The summed E-state index contributed by atoms with van der Waals surface area (Å²) in [6.45, 7) is 6.15. The molecule has 1 aliphatic heterocycles. The van der Waals surface area contributed by atoms with E-state index in [1.54, 1.807) is 7.11 Å². The minimum atomic E-state index is 0.529. The molecule has 19 heavy (non-hydrogen) atoms. The largest absolute Gasteiger partial charge is 0.497 e. The molecule has 1 saturated heterocycles. The van der Waals surface area contributed by atoms with Gasteiger partial charge in [-0.3, -0.25) is 0 Å². The van der Waals surface area contributed by atoms with Gasteiger partial charge >= 0.3 is 0 Å². The molecular formula is C16H25NO2. The fraction of sp³-hybridized carbons (Fsp3) is 0.625. The number of nitrogens with one attached hydrogen (secondary N) is 1. The van der Waals surface area contributed by atoms with Gasteiger partial charge < -0.3 is 14.8 Å². The third-order valence-electron chi connectivity index (χ3n) is 3.68. The van der Waals surface area contributed by atoms with Crippen LogP contribution in [0, 0.1) is 5.92 Å². The van der Waals surface area contributed by atoms with Gasteiger partial charge in [0.05, 0.1) is 13.7 Å². The molecule has 0 saturated carbocycles. The molecule has 0 radical (unpaired) electrons. The third-order valence-corrected chi connectivity index (χ3v) is 3.68. The first kappa shape index (κ1) is 14.4. The van der Waals surface area contributed by atoms with E-state index in [2.05, 4.69) is 31.3 Å². The van der Waals surface area contributed by atoms with Gasteiger partial charge in [0.1, 0.15) is 5.75 Å². The van der Waals surface area contributed by atoms with Crippen molar-refractivity contribution in [3.63, 3.8) is 0 Å². The molecule has 3 nitrogen and oxygen atoms in total. The standard InChI is InChI=1S/C16H25NO2/c1-12(2)17-16-8-9-19-11-14(16)10-13-4-6-15(18-3)7-5-13/h4-7,12,14,16-17H,8-11H2,1-3H3/t14-,16+/m0/s1. The van der Waals surface area contributed by atoms with E-state index >= 15 is 0 Å². The molecule has 0 aliphatic carbocycles. The Kier molecular flexibility index (Phi) is 5.23. The summed E-state index contributed by atoms with van der Waals surface area (Å²) < 4.78 is 10.8. The maximum absolute atomic E-state index is 5.65. The molecule has 0 aromatic heterocycles. The predicted molar refractivity (Wildman–Crippen MR) is 77.7 cm³/mol. The molecule has 1 aromatic carbocycles. The minimum absolute atomic E-state index is 0.529. The van der Waals surface area contributed by atoms with Crippen LogP contribution in [0.15, 0.2) is 24.3 Å². The van der Waals surface area contributed by atoms with Crippen LogP contribution in [-0.4, -0.2) is 32.4 Å². The summed E-state index contributed by atoms with van der Waals surface area (Å²) in [5, 5.41) is 3.67. The number of hydrogen-bond donors (Lipinski definition) is 1. The Morgan fingerprint density at radius 1 is 1.32 bits per heavy atom. The van der Waals surface area contributed by atoms with Gasteiger partial charge in [0.15, 0.2) is 0 Å². The van der Waals surface area contributed by atoms with Crippen molar-refractivity contribution >= 4 is 0 Å². The van der Waals surface area contributed by atoms with E-state index in [9.17, 15) is 0 Å². The van der Waals surface area contributed by atoms with Gasteiger partial charge in [0, 0.05) is 24.6 Å². The van der Waals surface area contributed by atoms with Crippen LogP contribution in [0.3, 0.4) is 0 Å². The second-order valence-electron chi connectivity index (χ2n) is 5.60. The van der Waals surface area contributed by atoms with E-state index in [1.165, 1.54) is 5.56 Å². The molecule has 1 heterocycles. The summed E-state index contributed by atoms with van der Waals surface area (Å²) >= 11 is 0. The number of hydrogen-bond acceptors (Lipinski definition) is 3. The van der Waals surface area contributed by atoms with E-state index < -0.39 is 0 Å². The average molecular weight is 263 g/mol. The summed E-state index contributed by atoms with van der Waals surface area (Å²) in [4.78, 5) is 0. The van der Waals surface area contributed by atoms with Gasteiger partial charge in [-0.1, -0.05) is 26.0 Å². The molecule has 0 unspecified atom stereocenters. The molecule has 2 rings (SSSR count). The minimum Gasteiger partial charge on any atom is -0.497 e. The molecule has 1 fully saturated rings. The molecule has 1 aromatic rings. The smallest absolute Gasteiger partial charge is 0.118 e. The molecular weight excluding hydrogens is 238 g/mol. The second-order valence-corrected chi connectivity index (χ2v) is 5.60. The summed E-state index contributed by atoms with van der Waals surface area (Å²) in [6.07, 6.45) is 2.17. The second kappa shape index (κ2) is 6.92. The van der Waals surface area contributed by atoms with E-state index in [1.807, 2.05) is 12.1 Å². The molecule has 0 bridgehead atoms. The number of rotatable bonds is 5. The van der Waals surface area contributed by atoms with E-state index in [-0.39, 0.29) is 0 Å². The van der Waals surface area contributed by atoms with Crippen molar-refractivity contribution in [1.29, 1.82) is 0 Å². The highest BCUT2D eigenvalue weighted by Gasteiger charge is 2.26. The first-order valence-electron chi connectivity index (χ1n) is 7.15. The number of ether oxygens (including phenoxy) is 2. The van der Waals surface area contributed by atoms with Crippen molar-refractivity contribution in [2.45, 2.75) is 38.8 Å². The van der Waals surface area contributed by atoms with Gasteiger partial charge in [0.2, 0.25) is 0 Å². The van der Waals surface area contributed by atoms with E-state index in [0.717, 1.165) is 31.8 Å². The SMILES string of the molecule is COc1ccc(C[C@H]2COCC[C@H]2NC(C)C)cc1. The van der Waals surface area contributed by atoms with E-state index in [0.29, 0.717) is 18.0 Å². The normalized spacial score (nSPS) is 23.6. The van der Waals surface area contributed by atoms with Gasteiger partial charge in [-0.2, -0.15) is 0 Å². The van der Waals surface area contributed by atoms with Gasteiger partial charge in [-0.25, -0.2) is 0 Å². The van der Waals surface area contributed by atoms with Crippen LogP contribution in [0.1, 0.15) is 25.8 Å². The monoisotopic (exact) mass is 263 g/mol. The lowest BCUT2D eigenvalue weighted by Gasteiger charge is -2.33. The Bertz CT molecular complexity index is 375. The summed E-state index contributed by atoms with van der Waals surface area (Å²) in [5.41, 5.74) is 1.35. The molecule has 0 amide bonds. The van der Waals surface area contributed by atoms with Crippen molar-refractivity contribution in [2.24, 2.45) is 5.92 Å². The quantitative estimate of drug-likeness (QED) is 0.886. The summed E-state index contributed by atoms with van der Waals surface area (Å²) in [7, 11) is 1.70. The first-order chi connectivity index (χ1) is 9.19. The van der Waals surface area contributed by atoms with E-state index in [4.69, 9.17) is 9.47 Å². The third kappa shape index (κ3) is 4.22. The van der Waals surface area contributed by atoms with Gasteiger partial charge in [-0.15, -0.1) is 0 Å². The predicted octanol–water partition coefficient (Wildman–Crippen LogP) is 2.64. The van der Waals surface area contributed by atoms with Crippen LogP contribution in [-0.2, 0) is 11.2 Å². The zero-order valence-corrected chi connectivity index (χ0v) is 12.2. The topological polar surface area (TPSA) is 30.5 Å². The highest BCUT2D eigenvalue weighted by atomic mass is 16.5. The van der Waals surface area contributed by atoms with Crippen LogP contribution in [0.2, 0.25) is 0 Å². The average Bonchev–Trinajstić information content (AvgIpc) is 2.41. The van der Waals surface area contributed by atoms with Crippen molar-refractivity contribution in [2.75, 3.05) is 20.3 Å². The van der Waals surface area contributed by atoms with Crippen molar-refractivity contribution in [3.8, 4) is 5.75 Å². The maximum atomic E-state index is 5.65. The Morgan fingerprint density at radius 3 is 2.68 bits per heavy atom. The molecule has 106 valence electrons. The fourth-order valence-corrected chi connectivity index (χ4v) is 2.71. The molecule has 1 aliphatic rings. The summed E-state index contributed by atoms with van der Waals surface area (Å²) in [6, 6.07) is 9.46. The Balaban J connectivity index is 1.97. The lowest BCUT2D eigenvalue weighted by molar-refractivity contribution is 0.0300. The first-order valence-corrected chi connectivity index (χ1v) is 7.15. The number of methoxy groups -OCH3 is 1. The molecule has 3 heteroatoms. The molecule has 0 spiro atoms. The van der Waals surface area contributed by atoms with Crippen LogP contribution < -0.4 is 10.1 Å². The van der Waals surface area contributed by atoms with Crippen molar-refractivity contribution < 1.29 is 9.47 Å². The zero-order chi connectivity index (χ0) is 13.7. The highest BCUT2D eigenvalue weighted by Crippen LogP contribution is 2.21. The van der Waals surface area contributed by atoms with Crippen molar-refractivity contribution in [1.82, 2.24) is 5.32 Å². The molecule has 2 atom stereocenters. The van der Waals surface area contributed by atoms with Crippen molar-refractivity contribution in [3.05, 3.63) is 29.8 Å². The summed E-state index contributed by atoms with van der Waals surface area (Å²) in [5.74, 6) is 1.48.